The lowest BCUT2D eigenvalue weighted by molar-refractivity contribution is 0.0256. The Morgan fingerprint density at radius 2 is 2.10 bits per heavy atom. The minimum absolute atomic E-state index is 0.410. The van der Waals surface area contributed by atoms with Crippen LogP contribution in [0.4, 0.5) is 4.79 Å². The summed E-state index contributed by atoms with van der Waals surface area (Å²) in [6, 6.07) is 8.81. The Kier molecular flexibility index (Phi) is 4.05. The molecule has 3 heteroatoms. The van der Waals surface area contributed by atoms with Crippen molar-refractivity contribution in [3.8, 4) is 0 Å². The number of carbonyl (C=O) groups excluding carboxylic acids is 1. The molecule has 0 spiro atoms. The third kappa shape index (κ3) is 4.12. The molecule has 0 bridgehead atoms. The lowest BCUT2D eigenvalue weighted by atomic mass is 10.1. The molecule has 0 aliphatic carbocycles. The van der Waals surface area contributed by atoms with E-state index < -0.39 is 17.7 Å². The molecule has 1 heterocycles. The van der Waals surface area contributed by atoms with Crippen molar-refractivity contribution in [3.63, 3.8) is 0 Å². The Balaban J connectivity index is 2.12. The number of hydrogen-bond acceptors (Lipinski definition) is 2. The number of ether oxygens (including phenoxy) is 1. The van der Waals surface area contributed by atoms with Gasteiger partial charge in [-0.05, 0) is 39.2 Å². The second-order valence-electron chi connectivity index (χ2n) is 5.97. The summed E-state index contributed by atoms with van der Waals surface area (Å²) in [5, 5.41) is 0. The van der Waals surface area contributed by atoms with Crippen LogP contribution in [-0.2, 0) is 4.74 Å². The highest BCUT2D eigenvalue weighted by atomic mass is 16.6. The normalized spacial score (nSPS) is 23.9. The van der Waals surface area contributed by atoms with Crippen LogP contribution in [0.2, 0.25) is 0 Å². The molecule has 1 aliphatic heterocycles. The van der Waals surface area contributed by atoms with E-state index in [9.17, 15) is 4.79 Å². The fourth-order valence-corrected chi connectivity index (χ4v) is 2.15. The first-order chi connectivity index (χ1) is 9.80. The summed E-state index contributed by atoms with van der Waals surface area (Å²) in [5.74, 6) is 0. The molecule has 1 saturated heterocycles. The predicted molar refractivity (Wildman–Crippen MR) is 81.4 cm³/mol. The zero-order valence-electron chi connectivity index (χ0n) is 13.4. The monoisotopic (exact) mass is 274 g/mol. The van der Waals surface area contributed by atoms with Crippen molar-refractivity contribution in [2.45, 2.75) is 45.2 Å². The maximum atomic E-state index is 12.2. The van der Waals surface area contributed by atoms with Crippen molar-refractivity contribution >= 4 is 12.2 Å². The van der Waals surface area contributed by atoms with Crippen LogP contribution in [0.3, 0.4) is 0 Å². The van der Waals surface area contributed by atoms with Gasteiger partial charge in [0.15, 0.2) is 0 Å². The summed E-state index contributed by atoms with van der Waals surface area (Å²) in [5.41, 5.74) is 0.490. The van der Waals surface area contributed by atoms with Gasteiger partial charge in [-0.15, -0.1) is 0 Å². The zero-order valence-corrected chi connectivity index (χ0v) is 12.4. The molecule has 0 unspecified atom stereocenters. The van der Waals surface area contributed by atoms with E-state index in [1.54, 1.807) is 6.08 Å². The smallest absolute Gasteiger partial charge is 0.410 e. The van der Waals surface area contributed by atoms with E-state index in [1.807, 2.05) is 57.2 Å². The molecule has 20 heavy (non-hydrogen) atoms. The van der Waals surface area contributed by atoms with Gasteiger partial charge in [0.05, 0.1) is 7.39 Å². The van der Waals surface area contributed by atoms with E-state index in [0.717, 1.165) is 12.0 Å². The van der Waals surface area contributed by atoms with Crippen LogP contribution in [0.5, 0.6) is 0 Å². The highest BCUT2D eigenvalue weighted by Gasteiger charge is 2.30. The predicted octanol–water partition coefficient (Wildman–Crippen LogP) is 4.10. The molecule has 1 amide bonds. The van der Waals surface area contributed by atoms with Crippen LogP contribution in [-0.4, -0.2) is 29.2 Å². The molecule has 0 aromatic heterocycles. The van der Waals surface area contributed by atoms with Crippen LogP contribution in [0.15, 0.2) is 36.4 Å². The number of amides is 1. The lowest BCUT2D eigenvalue weighted by Crippen LogP contribution is -2.39. The molecule has 1 aliphatic rings. The van der Waals surface area contributed by atoms with Crippen LogP contribution < -0.4 is 0 Å². The molecule has 1 aromatic rings. The summed E-state index contributed by atoms with van der Waals surface area (Å²) in [6.07, 6.45) is 4.74. The quantitative estimate of drug-likeness (QED) is 0.812. The molecular weight excluding hydrogens is 250 g/mol. The summed E-state index contributed by atoms with van der Waals surface area (Å²) >= 11 is 0. The van der Waals surface area contributed by atoms with Crippen molar-refractivity contribution in [1.29, 1.82) is 0 Å². The Hall–Kier alpha value is -1.77. The van der Waals surface area contributed by atoms with Gasteiger partial charge in [-0.3, -0.25) is 0 Å². The molecule has 108 valence electrons. The molecule has 1 aromatic carbocycles. The molecule has 0 saturated carbocycles. The summed E-state index contributed by atoms with van der Waals surface area (Å²) < 4.78 is 14.0. The number of carbonyl (C=O) groups is 1. The maximum Gasteiger partial charge on any atom is 0.410 e. The average molecular weight is 274 g/mol. The van der Waals surface area contributed by atoms with Crippen molar-refractivity contribution < 1.29 is 10.9 Å². The van der Waals surface area contributed by atoms with Gasteiger partial charge >= 0.3 is 6.09 Å². The average Bonchev–Trinajstić information content (AvgIpc) is 2.78. The highest BCUT2D eigenvalue weighted by Crippen LogP contribution is 2.22. The third-order valence-corrected chi connectivity index (χ3v) is 3.04. The molecule has 2 rings (SSSR count). The second-order valence-corrected chi connectivity index (χ2v) is 5.97. The maximum absolute atomic E-state index is 12.2. The van der Waals surface area contributed by atoms with Gasteiger partial charge in [0.1, 0.15) is 5.60 Å². The molecular formula is C17H23NO2. The van der Waals surface area contributed by atoms with E-state index in [0.29, 0.717) is 13.0 Å². The lowest BCUT2D eigenvalue weighted by Gasteiger charge is -2.27. The van der Waals surface area contributed by atoms with Crippen molar-refractivity contribution in [2.24, 2.45) is 0 Å². The van der Waals surface area contributed by atoms with Crippen LogP contribution in [0.1, 0.15) is 40.5 Å². The fourth-order valence-electron chi connectivity index (χ4n) is 2.15. The number of benzene rings is 1. The van der Waals surface area contributed by atoms with E-state index in [2.05, 4.69) is 0 Å². The molecule has 0 radical (unpaired) electrons. The first kappa shape index (κ1) is 13.2. The molecule has 3 nitrogen and oxygen atoms in total. The Labute approximate surface area is 122 Å². The number of rotatable bonds is 2. The van der Waals surface area contributed by atoms with Crippen molar-refractivity contribution in [2.75, 3.05) is 6.54 Å². The van der Waals surface area contributed by atoms with Gasteiger partial charge < -0.3 is 9.64 Å². The minimum atomic E-state index is -1.02. The van der Waals surface area contributed by atoms with Gasteiger partial charge in [0.2, 0.25) is 0 Å². The summed E-state index contributed by atoms with van der Waals surface area (Å²) in [7, 11) is 0. The molecule has 1 atom stereocenters. The SMILES string of the molecule is [2H][C@@]1(/C=C/c2ccccc2)CCCN1C(=O)OC(C)(C)C. The Morgan fingerprint density at radius 3 is 2.75 bits per heavy atom. The second kappa shape index (κ2) is 6.12. The largest absolute Gasteiger partial charge is 0.444 e. The minimum Gasteiger partial charge on any atom is -0.444 e. The van der Waals surface area contributed by atoms with Crippen LogP contribution >= 0.6 is 0 Å². The first-order valence-electron chi connectivity index (χ1n) is 7.55. The van der Waals surface area contributed by atoms with Gasteiger partial charge in [0.25, 0.3) is 0 Å². The number of likely N-dealkylation sites (tertiary alicyclic amines) is 1. The summed E-state index contributed by atoms with van der Waals surface area (Å²) in [6.45, 7) is 6.09. The third-order valence-electron chi connectivity index (χ3n) is 3.04. The van der Waals surface area contributed by atoms with Crippen molar-refractivity contribution in [3.05, 3.63) is 42.0 Å². The summed E-state index contributed by atoms with van der Waals surface area (Å²) in [4.78, 5) is 13.7. The topological polar surface area (TPSA) is 29.5 Å². The van der Waals surface area contributed by atoms with E-state index in [1.165, 1.54) is 4.90 Å². The fraction of sp³-hybridized carbons (Fsp3) is 0.471. The van der Waals surface area contributed by atoms with Gasteiger partial charge in [-0.2, -0.15) is 0 Å². The van der Waals surface area contributed by atoms with Crippen LogP contribution in [0, 0.1) is 0 Å². The van der Waals surface area contributed by atoms with E-state index in [-0.39, 0.29) is 0 Å². The standard InChI is InChI=1S/C17H23NO2/c1-17(2,3)20-16(19)18-13-7-10-15(18)12-11-14-8-5-4-6-9-14/h4-6,8-9,11-12,15H,7,10,13H2,1-3H3/b12-11+/t15-/m0/s1/i15D. The zero-order chi connectivity index (χ0) is 15.5. The number of hydrogen-bond donors (Lipinski definition) is 0. The number of nitrogens with zero attached hydrogens (tertiary/aromatic N) is 1. The van der Waals surface area contributed by atoms with Gasteiger partial charge in [-0.1, -0.05) is 42.5 Å². The Bertz CT molecular complexity index is 521. The van der Waals surface area contributed by atoms with Gasteiger partial charge in [0, 0.05) is 6.54 Å². The van der Waals surface area contributed by atoms with E-state index >= 15 is 0 Å². The highest BCUT2D eigenvalue weighted by molar-refractivity contribution is 5.69. The van der Waals surface area contributed by atoms with Crippen molar-refractivity contribution in [1.82, 2.24) is 4.90 Å². The first-order valence-corrected chi connectivity index (χ1v) is 7.05. The van der Waals surface area contributed by atoms with E-state index in [4.69, 9.17) is 6.11 Å². The molecule has 1 fully saturated rings. The van der Waals surface area contributed by atoms with Crippen LogP contribution in [0.25, 0.3) is 6.08 Å². The Morgan fingerprint density at radius 1 is 1.40 bits per heavy atom. The molecule has 0 N–H and O–H groups in total. The van der Waals surface area contributed by atoms with Gasteiger partial charge in [-0.25, -0.2) is 4.79 Å².